The van der Waals surface area contributed by atoms with E-state index >= 15 is 0 Å². The Morgan fingerprint density at radius 1 is 1.44 bits per heavy atom. The van der Waals surface area contributed by atoms with Crippen LogP contribution in [-0.2, 0) is 0 Å². The van der Waals surface area contributed by atoms with Gasteiger partial charge in [-0.1, -0.05) is 23.7 Å². The van der Waals surface area contributed by atoms with Gasteiger partial charge in [-0.3, -0.25) is 4.79 Å². The highest BCUT2D eigenvalue weighted by molar-refractivity contribution is 14.1. The first-order valence-electron chi connectivity index (χ1n) is 4.59. The van der Waals surface area contributed by atoms with Crippen molar-refractivity contribution in [3.63, 3.8) is 0 Å². The molecule has 0 aliphatic carbocycles. The van der Waals surface area contributed by atoms with Crippen molar-refractivity contribution in [3.05, 3.63) is 48.9 Å². The van der Waals surface area contributed by atoms with Gasteiger partial charge in [0, 0.05) is 16.8 Å². The van der Waals surface area contributed by atoms with E-state index in [0.29, 0.717) is 14.4 Å². The minimum Gasteiger partial charge on any atom is -0.306 e. The summed E-state index contributed by atoms with van der Waals surface area (Å²) in [6, 6.07) is 5.57. The molecule has 0 aliphatic heterocycles. The van der Waals surface area contributed by atoms with Gasteiger partial charge in [-0.05, 0) is 41.1 Å². The molecule has 1 heterocycles. The molecule has 0 unspecified atom stereocenters. The molecule has 1 aromatic carbocycles. The summed E-state index contributed by atoms with van der Waals surface area (Å²) < 4.78 is 0.569. The number of aryl methyl sites for hydroxylation is 1. The molecular formula is C11H8ClIN2O. The minimum atomic E-state index is -0.137. The van der Waals surface area contributed by atoms with Gasteiger partial charge in [0.2, 0.25) is 0 Å². The van der Waals surface area contributed by atoms with Crippen molar-refractivity contribution in [2.75, 3.05) is 0 Å². The Morgan fingerprint density at radius 2 is 2.19 bits per heavy atom. The number of nitrogens with zero attached hydrogens (tertiary/aromatic N) is 1. The second-order valence-corrected chi connectivity index (χ2v) is 4.94. The molecule has 0 bridgehead atoms. The summed E-state index contributed by atoms with van der Waals surface area (Å²) in [5.74, 6) is 0.535. The third-order valence-electron chi connectivity index (χ3n) is 2.20. The smallest absolute Gasteiger partial charge is 0.264 e. The third-order valence-corrected chi connectivity index (χ3v) is 3.38. The van der Waals surface area contributed by atoms with Crippen LogP contribution in [0.2, 0.25) is 5.02 Å². The number of rotatable bonds is 1. The molecular weight excluding hydrogens is 338 g/mol. The van der Waals surface area contributed by atoms with Crippen molar-refractivity contribution in [3.8, 4) is 11.4 Å². The molecule has 2 rings (SSSR count). The highest BCUT2D eigenvalue weighted by Gasteiger charge is 2.04. The highest BCUT2D eigenvalue weighted by atomic mass is 127. The van der Waals surface area contributed by atoms with Crippen LogP contribution in [0.1, 0.15) is 5.56 Å². The summed E-state index contributed by atoms with van der Waals surface area (Å²) in [6.07, 6.45) is 1.54. The summed E-state index contributed by atoms with van der Waals surface area (Å²) in [4.78, 5) is 18.3. The van der Waals surface area contributed by atoms with Crippen LogP contribution >= 0.6 is 34.2 Å². The van der Waals surface area contributed by atoms with E-state index in [1.807, 2.05) is 41.6 Å². The lowest BCUT2D eigenvalue weighted by Crippen LogP contribution is -2.11. The topological polar surface area (TPSA) is 45.8 Å². The zero-order chi connectivity index (χ0) is 11.7. The second kappa shape index (κ2) is 4.55. The van der Waals surface area contributed by atoms with Gasteiger partial charge >= 0.3 is 0 Å². The fourth-order valence-electron chi connectivity index (χ4n) is 1.27. The lowest BCUT2D eigenvalue weighted by atomic mass is 10.1. The number of aromatic nitrogens is 2. The van der Waals surface area contributed by atoms with Gasteiger partial charge in [0.05, 0.1) is 3.57 Å². The van der Waals surface area contributed by atoms with Crippen LogP contribution in [0.15, 0.2) is 29.2 Å². The maximum atomic E-state index is 11.4. The first-order valence-corrected chi connectivity index (χ1v) is 6.05. The molecule has 5 heteroatoms. The number of H-pyrrole nitrogens is 1. The van der Waals surface area contributed by atoms with E-state index < -0.39 is 0 Å². The third kappa shape index (κ3) is 2.27. The Kier molecular flexibility index (Phi) is 3.30. The number of halogens is 2. The van der Waals surface area contributed by atoms with Crippen molar-refractivity contribution in [1.29, 1.82) is 0 Å². The van der Waals surface area contributed by atoms with E-state index in [0.717, 1.165) is 11.1 Å². The van der Waals surface area contributed by atoms with Crippen LogP contribution in [0.4, 0.5) is 0 Å². The fraction of sp³-hybridized carbons (Fsp3) is 0.0909. The lowest BCUT2D eigenvalue weighted by molar-refractivity contribution is 1.11. The predicted molar refractivity (Wildman–Crippen MR) is 72.8 cm³/mol. The van der Waals surface area contributed by atoms with Crippen molar-refractivity contribution in [2.24, 2.45) is 0 Å². The Labute approximate surface area is 111 Å². The monoisotopic (exact) mass is 346 g/mol. The first kappa shape index (κ1) is 11.6. The van der Waals surface area contributed by atoms with E-state index in [4.69, 9.17) is 11.6 Å². The molecule has 0 radical (unpaired) electrons. The average molecular weight is 347 g/mol. The number of nitrogens with one attached hydrogen (secondary N) is 1. The van der Waals surface area contributed by atoms with Crippen LogP contribution in [0.5, 0.6) is 0 Å². The largest absolute Gasteiger partial charge is 0.306 e. The lowest BCUT2D eigenvalue weighted by Gasteiger charge is -2.03. The van der Waals surface area contributed by atoms with Gasteiger partial charge in [0.1, 0.15) is 5.82 Å². The fourth-order valence-corrected chi connectivity index (χ4v) is 1.72. The standard InChI is InChI=1S/C11H8ClIN2O/c1-6-2-3-7(4-8(6)12)10-14-5-9(13)11(16)15-10/h2-5H,1H3,(H,14,15,16). The molecule has 0 atom stereocenters. The van der Waals surface area contributed by atoms with E-state index in [1.54, 1.807) is 12.3 Å². The Balaban J connectivity index is 2.55. The van der Waals surface area contributed by atoms with Crippen molar-refractivity contribution < 1.29 is 0 Å². The molecule has 1 N–H and O–H groups in total. The Morgan fingerprint density at radius 3 is 2.81 bits per heavy atom. The van der Waals surface area contributed by atoms with Crippen LogP contribution in [-0.4, -0.2) is 9.97 Å². The molecule has 0 saturated heterocycles. The molecule has 3 nitrogen and oxygen atoms in total. The van der Waals surface area contributed by atoms with Crippen LogP contribution in [0.3, 0.4) is 0 Å². The van der Waals surface area contributed by atoms with Crippen molar-refractivity contribution in [2.45, 2.75) is 6.92 Å². The van der Waals surface area contributed by atoms with Gasteiger partial charge < -0.3 is 4.98 Å². The molecule has 2 aromatic rings. The molecule has 0 amide bonds. The van der Waals surface area contributed by atoms with Crippen molar-refractivity contribution in [1.82, 2.24) is 9.97 Å². The second-order valence-electron chi connectivity index (χ2n) is 3.37. The van der Waals surface area contributed by atoms with E-state index in [9.17, 15) is 4.79 Å². The van der Waals surface area contributed by atoms with Crippen molar-refractivity contribution >= 4 is 34.2 Å². The number of hydrogen-bond donors (Lipinski definition) is 1. The number of aromatic amines is 1. The molecule has 0 saturated carbocycles. The maximum Gasteiger partial charge on any atom is 0.264 e. The van der Waals surface area contributed by atoms with Gasteiger partial charge in [-0.15, -0.1) is 0 Å². The Bertz CT molecular complexity index is 595. The summed E-state index contributed by atoms with van der Waals surface area (Å²) in [6.45, 7) is 1.93. The molecule has 82 valence electrons. The minimum absolute atomic E-state index is 0.137. The van der Waals surface area contributed by atoms with Gasteiger partial charge in [0.25, 0.3) is 5.56 Å². The van der Waals surface area contributed by atoms with Crippen LogP contribution < -0.4 is 5.56 Å². The molecule has 1 aromatic heterocycles. The predicted octanol–water partition coefficient (Wildman–Crippen LogP) is 3.00. The summed E-state index contributed by atoms with van der Waals surface area (Å²) in [5, 5.41) is 0.665. The molecule has 0 aliphatic rings. The number of benzene rings is 1. The van der Waals surface area contributed by atoms with E-state index in [2.05, 4.69) is 9.97 Å². The van der Waals surface area contributed by atoms with Crippen LogP contribution in [0, 0.1) is 10.5 Å². The molecule has 0 fully saturated rings. The average Bonchev–Trinajstić information content (AvgIpc) is 2.26. The van der Waals surface area contributed by atoms with E-state index in [-0.39, 0.29) is 5.56 Å². The quantitative estimate of drug-likeness (QED) is 0.807. The SMILES string of the molecule is Cc1ccc(-c2ncc(I)c(=O)[nH]2)cc1Cl. The van der Waals surface area contributed by atoms with Crippen LogP contribution in [0.25, 0.3) is 11.4 Å². The zero-order valence-electron chi connectivity index (χ0n) is 8.42. The highest BCUT2D eigenvalue weighted by Crippen LogP contribution is 2.22. The normalized spacial score (nSPS) is 10.4. The van der Waals surface area contributed by atoms with E-state index in [1.165, 1.54) is 0 Å². The van der Waals surface area contributed by atoms with Gasteiger partial charge in [-0.25, -0.2) is 4.98 Å². The maximum absolute atomic E-state index is 11.4. The first-order chi connectivity index (χ1) is 7.58. The molecule has 0 spiro atoms. The Hall–Kier alpha value is -0.880. The summed E-state index contributed by atoms with van der Waals surface area (Å²) in [7, 11) is 0. The van der Waals surface area contributed by atoms with Gasteiger partial charge in [0.15, 0.2) is 0 Å². The molecule has 16 heavy (non-hydrogen) atoms. The summed E-state index contributed by atoms with van der Waals surface area (Å²) in [5.41, 5.74) is 1.67. The zero-order valence-corrected chi connectivity index (χ0v) is 11.3. The summed E-state index contributed by atoms with van der Waals surface area (Å²) >= 11 is 7.95. The van der Waals surface area contributed by atoms with Gasteiger partial charge in [-0.2, -0.15) is 0 Å². The number of hydrogen-bond acceptors (Lipinski definition) is 2.